The molecule has 0 unspecified atom stereocenters. The van der Waals surface area contributed by atoms with Gasteiger partial charge in [-0.2, -0.15) is 0 Å². The number of nitrogens with zero attached hydrogens (tertiary/aromatic N) is 3. The number of aromatic nitrogens is 2. The Balaban J connectivity index is 1.65. The fourth-order valence-corrected chi connectivity index (χ4v) is 5.05. The number of carbonyl (C=O) groups excluding carboxylic acids is 1. The zero-order chi connectivity index (χ0) is 30.4. The molecule has 0 radical (unpaired) electrons. The quantitative estimate of drug-likeness (QED) is 0.293. The van der Waals surface area contributed by atoms with E-state index in [1.54, 1.807) is 32.9 Å². The number of carboxylic acids is 1. The first-order valence-electron chi connectivity index (χ1n) is 12.6. The number of carboxylic acid groups (broad SMARTS) is 1. The summed E-state index contributed by atoms with van der Waals surface area (Å²) in [5.74, 6) is -2.16. The third-order valence-corrected chi connectivity index (χ3v) is 7.54. The molecule has 2 N–H and O–H groups in total. The van der Waals surface area contributed by atoms with Gasteiger partial charge in [0.25, 0.3) is 0 Å². The number of sulfonamides is 1. The Morgan fingerprint density at radius 1 is 1.17 bits per heavy atom. The van der Waals surface area contributed by atoms with Crippen molar-refractivity contribution in [2.75, 3.05) is 30.8 Å². The molecule has 0 atom stereocenters. The summed E-state index contributed by atoms with van der Waals surface area (Å²) >= 11 is 0. The van der Waals surface area contributed by atoms with E-state index in [1.165, 1.54) is 38.6 Å². The molecule has 0 bridgehead atoms. The first kappa shape index (κ1) is 31.3. The molecule has 0 aliphatic heterocycles. The van der Waals surface area contributed by atoms with Gasteiger partial charge in [0.05, 0.1) is 19.5 Å². The molecule has 0 saturated carbocycles. The Hall–Kier alpha value is -4.20. The van der Waals surface area contributed by atoms with Crippen LogP contribution in [-0.4, -0.2) is 67.7 Å². The number of unbranched alkanes of at least 4 members (excludes halogenated alkanes) is 1. The minimum atomic E-state index is -3.93. The summed E-state index contributed by atoms with van der Waals surface area (Å²) in [4.78, 5) is 32.0. The lowest BCUT2D eigenvalue weighted by Crippen LogP contribution is -2.32. The Bertz CT molecular complexity index is 1530. The Labute approximate surface area is 237 Å². The van der Waals surface area contributed by atoms with Crippen LogP contribution in [0.25, 0.3) is 10.9 Å². The number of nitrogens with one attached hydrogen (secondary N) is 1. The molecule has 0 aliphatic rings. The number of pyridine rings is 2. The van der Waals surface area contributed by atoms with Gasteiger partial charge in [0.15, 0.2) is 17.3 Å². The molecule has 0 spiro atoms. The lowest BCUT2D eigenvalue weighted by molar-refractivity contribution is 0.0522. The first-order valence-corrected chi connectivity index (χ1v) is 14.2. The van der Waals surface area contributed by atoms with Gasteiger partial charge in [0, 0.05) is 36.8 Å². The van der Waals surface area contributed by atoms with Crippen LogP contribution in [0.5, 0.6) is 11.5 Å². The largest absolute Gasteiger partial charge is 0.493 e. The number of anilines is 1. The van der Waals surface area contributed by atoms with Gasteiger partial charge in [0.2, 0.25) is 10.0 Å². The van der Waals surface area contributed by atoms with E-state index < -0.39 is 39.2 Å². The van der Waals surface area contributed by atoms with Gasteiger partial charge in [-0.15, -0.1) is 0 Å². The molecule has 41 heavy (non-hydrogen) atoms. The lowest BCUT2D eigenvalue weighted by Gasteiger charge is -2.21. The van der Waals surface area contributed by atoms with Gasteiger partial charge in [-0.3, -0.25) is 9.29 Å². The Morgan fingerprint density at radius 3 is 2.56 bits per heavy atom. The summed E-state index contributed by atoms with van der Waals surface area (Å²) in [7, 11) is -1.36. The fraction of sp³-hybridized carbons (Fsp3) is 0.407. The predicted molar refractivity (Wildman–Crippen MR) is 149 cm³/mol. The van der Waals surface area contributed by atoms with Crippen molar-refractivity contribution < 1.29 is 41.7 Å². The number of amides is 1. The number of alkyl carbamates (subject to hydrolysis) is 1. The number of halogens is 1. The molecular formula is C27H33FN4O8S. The van der Waals surface area contributed by atoms with Crippen LogP contribution in [0.15, 0.2) is 36.5 Å². The standard InChI is InChI=1S/C27H33FN4O8S/c1-27(2,3)40-26(35)30-16-17-10-11-18(28)15-20(17)39-13-6-7-14-41(36,37)32(4)24-19-9-8-12-29-21(19)23(38-5)22(31-24)25(33)34/h8-12,15H,6-7,13-14,16H2,1-5H3,(H,30,35)(H,33,34). The van der Waals surface area contributed by atoms with E-state index in [4.69, 9.17) is 14.2 Å². The molecule has 3 rings (SSSR count). The predicted octanol–water partition coefficient (Wildman–Crippen LogP) is 4.13. The van der Waals surface area contributed by atoms with E-state index in [9.17, 15) is 27.5 Å². The highest BCUT2D eigenvalue weighted by Crippen LogP contribution is 2.34. The number of methoxy groups -OCH3 is 1. The van der Waals surface area contributed by atoms with Crippen LogP contribution in [0.3, 0.4) is 0 Å². The van der Waals surface area contributed by atoms with Crippen LogP contribution in [0.2, 0.25) is 0 Å². The van der Waals surface area contributed by atoms with Crippen LogP contribution in [-0.2, 0) is 21.3 Å². The van der Waals surface area contributed by atoms with Gasteiger partial charge >= 0.3 is 12.1 Å². The molecule has 0 saturated heterocycles. The SMILES string of the molecule is COc1c(C(=O)O)nc(N(C)S(=O)(=O)CCCCOc2cc(F)ccc2CNC(=O)OC(C)(C)C)c2cccnc12. The van der Waals surface area contributed by atoms with Gasteiger partial charge < -0.3 is 24.6 Å². The van der Waals surface area contributed by atoms with Crippen molar-refractivity contribution in [2.45, 2.75) is 45.8 Å². The molecular weight excluding hydrogens is 559 g/mol. The Kier molecular flexibility index (Phi) is 9.92. The highest BCUT2D eigenvalue weighted by molar-refractivity contribution is 7.92. The maximum atomic E-state index is 13.9. The van der Waals surface area contributed by atoms with E-state index in [0.29, 0.717) is 17.4 Å². The third-order valence-electron chi connectivity index (χ3n) is 5.72. The van der Waals surface area contributed by atoms with Crippen LogP contribution >= 0.6 is 0 Å². The summed E-state index contributed by atoms with van der Waals surface area (Å²) in [5, 5.41) is 12.5. The number of aromatic carboxylic acids is 1. The maximum Gasteiger partial charge on any atom is 0.407 e. The molecule has 0 fully saturated rings. The van der Waals surface area contributed by atoms with E-state index in [-0.39, 0.29) is 48.2 Å². The van der Waals surface area contributed by atoms with Gasteiger partial charge in [0.1, 0.15) is 22.7 Å². The zero-order valence-electron chi connectivity index (χ0n) is 23.4. The van der Waals surface area contributed by atoms with Crippen molar-refractivity contribution >= 4 is 38.8 Å². The number of hydrogen-bond donors (Lipinski definition) is 2. The molecule has 222 valence electrons. The molecule has 12 nitrogen and oxygen atoms in total. The smallest absolute Gasteiger partial charge is 0.407 e. The summed E-state index contributed by atoms with van der Waals surface area (Å²) in [6.45, 7) is 5.32. The minimum Gasteiger partial charge on any atom is -0.493 e. The van der Waals surface area contributed by atoms with Crippen LogP contribution in [0.4, 0.5) is 15.0 Å². The van der Waals surface area contributed by atoms with Gasteiger partial charge in [-0.25, -0.2) is 27.4 Å². The average Bonchev–Trinajstić information content (AvgIpc) is 2.89. The number of carbonyl (C=O) groups is 2. The lowest BCUT2D eigenvalue weighted by atomic mass is 10.2. The second-order valence-corrected chi connectivity index (χ2v) is 12.1. The number of fused-ring (bicyclic) bond motifs is 1. The van der Waals surface area contributed by atoms with Crippen LogP contribution in [0, 0.1) is 5.82 Å². The summed E-state index contributed by atoms with van der Waals surface area (Å²) < 4.78 is 57.1. The van der Waals surface area contributed by atoms with E-state index >= 15 is 0 Å². The van der Waals surface area contributed by atoms with Crippen molar-refractivity contribution in [2.24, 2.45) is 0 Å². The Morgan fingerprint density at radius 2 is 1.90 bits per heavy atom. The normalized spacial score (nSPS) is 11.7. The van der Waals surface area contributed by atoms with Gasteiger partial charge in [-0.05, 0) is 51.8 Å². The van der Waals surface area contributed by atoms with Crippen molar-refractivity contribution in [3.05, 3.63) is 53.6 Å². The summed E-state index contributed by atoms with van der Waals surface area (Å²) in [6.07, 6.45) is 1.30. The molecule has 1 aromatic carbocycles. The molecule has 0 aliphatic carbocycles. The number of hydrogen-bond acceptors (Lipinski definition) is 9. The topological polar surface area (TPSA) is 157 Å². The average molecular weight is 593 g/mol. The van der Waals surface area contributed by atoms with Crippen molar-refractivity contribution in [1.82, 2.24) is 15.3 Å². The van der Waals surface area contributed by atoms with Crippen LogP contribution in [0.1, 0.15) is 49.7 Å². The monoisotopic (exact) mass is 592 g/mol. The molecule has 14 heteroatoms. The first-order chi connectivity index (χ1) is 19.2. The third kappa shape index (κ3) is 8.16. The highest BCUT2D eigenvalue weighted by atomic mass is 32.2. The fourth-order valence-electron chi connectivity index (χ4n) is 3.80. The second kappa shape index (κ2) is 13.0. The number of rotatable bonds is 12. The number of benzene rings is 1. The highest BCUT2D eigenvalue weighted by Gasteiger charge is 2.27. The second-order valence-electron chi connectivity index (χ2n) is 9.97. The van der Waals surface area contributed by atoms with Crippen LogP contribution < -0.4 is 19.1 Å². The van der Waals surface area contributed by atoms with Gasteiger partial charge in [-0.1, -0.05) is 6.07 Å². The van der Waals surface area contributed by atoms with E-state index in [1.807, 2.05) is 0 Å². The molecule has 2 heterocycles. The molecule has 1 amide bonds. The molecule has 2 aromatic heterocycles. The zero-order valence-corrected chi connectivity index (χ0v) is 24.2. The number of ether oxygens (including phenoxy) is 3. The van der Waals surface area contributed by atoms with Crippen molar-refractivity contribution in [3.63, 3.8) is 0 Å². The summed E-state index contributed by atoms with van der Waals surface area (Å²) in [5.41, 5.74) is -0.451. The maximum absolute atomic E-state index is 13.9. The van der Waals surface area contributed by atoms with Crippen molar-refractivity contribution in [3.8, 4) is 11.5 Å². The van der Waals surface area contributed by atoms with E-state index in [2.05, 4.69) is 15.3 Å². The summed E-state index contributed by atoms with van der Waals surface area (Å²) in [6, 6.07) is 7.06. The van der Waals surface area contributed by atoms with E-state index in [0.717, 1.165) is 4.31 Å². The van der Waals surface area contributed by atoms with Crippen molar-refractivity contribution in [1.29, 1.82) is 0 Å². The molecule has 3 aromatic rings. The minimum absolute atomic E-state index is 0.0414.